The fraction of sp³-hybridized carbons (Fsp3) is 0. The van der Waals surface area contributed by atoms with Gasteiger partial charge < -0.3 is 32.4 Å². The minimum absolute atomic E-state index is 0.108. The second-order valence-corrected chi connectivity index (χ2v) is 10.2. The van der Waals surface area contributed by atoms with E-state index in [-0.39, 0.29) is 22.9 Å². The summed E-state index contributed by atoms with van der Waals surface area (Å²) in [6, 6.07) is 42.6. The molecule has 0 spiro atoms. The zero-order chi connectivity index (χ0) is 32.5. The van der Waals surface area contributed by atoms with Crippen molar-refractivity contribution in [2.24, 2.45) is 0 Å². The number of ether oxygens (including phenoxy) is 2. The van der Waals surface area contributed by atoms with Gasteiger partial charge in [0.15, 0.2) is 23.1 Å². The second-order valence-electron chi connectivity index (χ2n) is 10.2. The molecule has 0 aliphatic carbocycles. The first-order valence-electron chi connectivity index (χ1n) is 14.3. The Labute approximate surface area is 266 Å². The van der Waals surface area contributed by atoms with Crippen LogP contribution in [0.1, 0.15) is 31.8 Å². The lowest BCUT2D eigenvalue weighted by atomic mass is 10.0. The van der Waals surface area contributed by atoms with Gasteiger partial charge in [-0.1, -0.05) is 66.7 Å². The minimum Gasteiger partial charge on any atom is -0.455 e. The lowest BCUT2D eigenvalue weighted by Crippen LogP contribution is -2.08. The van der Waals surface area contributed by atoms with Crippen LogP contribution in [0.3, 0.4) is 0 Å². The lowest BCUT2D eigenvalue weighted by molar-refractivity contribution is 0.103. The summed E-state index contributed by atoms with van der Waals surface area (Å²) in [5, 5.41) is 0. The molecule has 0 bridgehead atoms. The van der Waals surface area contributed by atoms with Gasteiger partial charge in [-0.25, -0.2) is 0 Å². The third-order valence-electron chi connectivity index (χ3n) is 6.92. The van der Waals surface area contributed by atoms with Crippen LogP contribution in [-0.4, -0.2) is 11.6 Å². The molecule has 0 atom stereocenters. The highest BCUT2D eigenvalue weighted by Crippen LogP contribution is 2.35. The van der Waals surface area contributed by atoms with Gasteiger partial charge in [-0.3, -0.25) is 9.59 Å². The molecular formula is C38H32N4O4. The maximum Gasteiger partial charge on any atom is 0.195 e. The summed E-state index contributed by atoms with van der Waals surface area (Å²) in [5.41, 5.74) is 27.3. The Morgan fingerprint density at radius 3 is 1.52 bits per heavy atom. The standard InChI is InChI=1S/2C19H16N2O2/c20-17-15(19(22)13-7-3-1-4-8-13)11-12-16(18(17)21)23-14-9-5-2-6-10-14;20-15-9-6-13(7-10-15)19(22)14-8-11-17(21)18(12-14)23-16-4-2-1-3-5-16/h2*1-12H,20-21H2. The number of nitrogen functional groups attached to an aromatic ring is 4. The Hall–Kier alpha value is -6.54. The van der Waals surface area contributed by atoms with Crippen molar-refractivity contribution >= 4 is 34.3 Å². The van der Waals surface area contributed by atoms with Gasteiger partial charge >= 0.3 is 0 Å². The first kappa shape index (κ1) is 30.9. The molecule has 228 valence electrons. The van der Waals surface area contributed by atoms with Crippen molar-refractivity contribution in [2.75, 3.05) is 22.9 Å². The molecule has 0 aliphatic heterocycles. The lowest BCUT2D eigenvalue weighted by Gasteiger charge is -2.13. The monoisotopic (exact) mass is 608 g/mol. The van der Waals surface area contributed by atoms with E-state index in [4.69, 9.17) is 32.4 Å². The molecule has 0 fully saturated rings. The first-order valence-corrected chi connectivity index (χ1v) is 14.3. The summed E-state index contributed by atoms with van der Waals surface area (Å²) < 4.78 is 11.5. The minimum atomic E-state index is -0.166. The van der Waals surface area contributed by atoms with Gasteiger partial charge in [0.05, 0.1) is 17.1 Å². The molecule has 0 aliphatic rings. The average molecular weight is 609 g/mol. The second kappa shape index (κ2) is 14.3. The molecule has 8 nitrogen and oxygen atoms in total. The molecule has 0 saturated carbocycles. The van der Waals surface area contributed by atoms with Crippen molar-refractivity contribution < 1.29 is 19.1 Å². The number of benzene rings is 6. The van der Waals surface area contributed by atoms with Crippen LogP contribution in [0, 0.1) is 0 Å². The van der Waals surface area contributed by atoms with Crippen molar-refractivity contribution in [1.82, 2.24) is 0 Å². The van der Waals surface area contributed by atoms with E-state index in [0.29, 0.717) is 56.6 Å². The zero-order valence-electron chi connectivity index (χ0n) is 24.8. The number of carbonyl (C=O) groups excluding carboxylic acids is 2. The van der Waals surface area contributed by atoms with Crippen LogP contribution in [-0.2, 0) is 0 Å². The van der Waals surface area contributed by atoms with E-state index in [1.807, 2.05) is 66.7 Å². The van der Waals surface area contributed by atoms with Crippen LogP contribution in [0.25, 0.3) is 0 Å². The number of carbonyl (C=O) groups is 2. The summed E-state index contributed by atoms with van der Waals surface area (Å²) in [6.45, 7) is 0. The van der Waals surface area contributed by atoms with E-state index < -0.39 is 0 Å². The van der Waals surface area contributed by atoms with Gasteiger partial charge in [0, 0.05) is 27.9 Å². The number of hydrogen-bond acceptors (Lipinski definition) is 8. The van der Waals surface area contributed by atoms with E-state index in [1.54, 1.807) is 78.9 Å². The normalized spacial score (nSPS) is 10.3. The highest BCUT2D eigenvalue weighted by molar-refractivity contribution is 6.13. The molecule has 8 N–H and O–H groups in total. The van der Waals surface area contributed by atoms with E-state index >= 15 is 0 Å². The summed E-state index contributed by atoms with van der Waals surface area (Å²) in [6.07, 6.45) is 0. The van der Waals surface area contributed by atoms with Crippen molar-refractivity contribution in [2.45, 2.75) is 0 Å². The van der Waals surface area contributed by atoms with Gasteiger partial charge in [0.25, 0.3) is 0 Å². The van der Waals surface area contributed by atoms with Crippen molar-refractivity contribution in [3.05, 3.63) is 168 Å². The quantitative estimate of drug-likeness (QED) is 0.101. The van der Waals surface area contributed by atoms with Crippen LogP contribution in [0.5, 0.6) is 23.0 Å². The van der Waals surface area contributed by atoms with Crippen LogP contribution in [0.4, 0.5) is 22.7 Å². The molecule has 0 heterocycles. The fourth-order valence-corrected chi connectivity index (χ4v) is 4.44. The Balaban J connectivity index is 0.000000181. The number of hydrogen-bond donors (Lipinski definition) is 4. The number of para-hydroxylation sites is 2. The molecule has 46 heavy (non-hydrogen) atoms. The number of nitrogens with two attached hydrogens (primary N) is 4. The van der Waals surface area contributed by atoms with Gasteiger partial charge in [0.2, 0.25) is 0 Å². The summed E-state index contributed by atoms with van der Waals surface area (Å²) in [7, 11) is 0. The molecule has 0 unspecified atom stereocenters. The average Bonchev–Trinajstić information content (AvgIpc) is 3.09. The van der Waals surface area contributed by atoms with E-state index in [9.17, 15) is 9.59 Å². The first-order chi connectivity index (χ1) is 22.3. The van der Waals surface area contributed by atoms with Crippen molar-refractivity contribution in [1.29, 1.82) is 0 Å². The number of rotatable bonds is 8. The highest BCUT2D eigenvalue weighted by atomic mass is 16.5. The van der Waals surface area contributed by atoms with Crippen LogP contribution in [0.15, 0.2) is 146 Å². The Kier molecular flexibility index (Phi) is 9.60. The van der Waals surface area contributed by atoms with Crippen LogP contribution in [0.2, 0.25) is 0 Å². The topological polar surface area (TPSA) is 157 Å². The molecule has 0 aromatic heterocycles. The maximum atomic E-state index is 12.5. The highest BCUT2D eigenvalue weighted by Gasteiger charge is 2.17. The SMILES string of the molecule is Nc1c(Oc2ccccc2)ccc(C(=O)c2ccccc2)c1N.Nc1ccc(C(=O)c2ccc(N)c(Oc3ccccc3)c2)cc1. The molecule has 0 amide bonds. The smallest absolute Gasteiger partial charge is 0.195 e. The fourth-order valence-electron chi connectivity index (χ4n) is 4.44. The molecule has 0 saturated heterocycles. The van der Waals surface area contributed by atoms with Gasteiger partial charge in [-0.05, 0) is 78.9 Å². The Morgan fingerprint density at radius 2 is 0.935 bits per heavy atom. The number of anilines is 4. The van der Waals surface area contributed by atoms with Gasteiger partial charge in [0.1, 0.15) is 11.5 Å². The third kappa shape index (κ3) is 7.50. The van der Waals surface area contributed by atoms with E-state index in [2.05, 4.69) is 0 Å². The van der Waals surface area contributed by atoms with Crippen LogP contribution < -0.4 is 32.4 Å². The summed E-state index contributed by atoms with van der Waals surface area (Å²) in [5.74, 6) is 1.93. The summed E-state index contributed by atoms with van der Waals surface area (Å²) in [4.78, 5) is 25.0. The molecule has 6 rings (SSSR count). The van der Waals surface area contributed by atoms with E-state index in [1.165, 1.54) is 0 Å². The zero-order valence-corrected chi connectivity index (χ0v) is 24.8. The van der Waals surface area contributed by atoms with Crippen LogP contribution >= 0.6 is 0 Å². The Bertz CT molecular complexity index is 1950. The molecule has 6 aromatic carbocycles. The third-order valence-corrected chi connectivity index (χ3v) is 6.92. The predicted octanol–water partition coefficient (Wildman–Crippen LogP) is 7.75. The maximum absolute atomic E-state index is 12.5. The Morgan fingerprint density at radius 1 is 0.435 bits per heavy atom. The predicted molar refractivity (Wildman–Crippen MR) is 183 cm³/mol. The number of ketones is 2. The van der Waals surface area contributed by atoms with E-state index in [0.717, 1.165) is 0 Å². The van der Waals surface area contributed by atoms with Crippen molar-refractivity contribution in [3.8, 4) is 23.0 Å². The molecular weight excluding hydrogens is 576 g/mol. The van der Waals surface area contributed by atoms with Gasteiger partial charge in [-0.2, -0.15) is 0 Å². The molecule has 8 heteroatoms. The molecule has 6 aromatic rings. The summed E-state index contributed by atoms with van der Waals surface area (Å²) >= 11 is 0. The largest absolute Gasteiger partial charge is 0.455 e. The van der Waals surface area contributed by atoms with Gasteiger partial charge in [-0.15, -0.1) is 0 Å². The molecule has 0 radical (unpaired) electrons. The van der Waals surface area contributed by atoms with Crippen molar-refractivity contribution in [3.63, 3.8) is 0 Å².